The van der Waals surface area contributed by atoms with Gasteiger partial charge >= 0.3 is 0 Å². The van der Waals surface area contributed by atoms with Crippen LogP contribution in [0.15, 0.2) is 24.3 Å². The predicted molar refractivity (Wildman–Crippen MR) is 78.0 cm³/mol. The van der Waals surface area contributed by atoms with Crippen LogP contribution in [0.1, 0.15) is 30.1 Å². The molecule has 0 radical (unpaired) electrons. The Morgan fingerprint density at radius 2 is 2.00 bits per heavy atom. The minimum Gasteiger partial charge on any atom is -0.373 e. The second kappa shape index (κ2) is 5.37. The predicted octanol–water partition coefficient (Wildman–Crippen LogP) is 3.15. The number of halogens is 1. The first-order valence-corrected chi connectivity index (χ1v) is 6.73. The summed E-state index contributed by atoms with van der Waals surface area (Å²) in [4.78, 5) is 8.91. The average Bonchev–Trinajstić information content (AvgIpc) is 3.33. The fraction of sp³-hybridized carbons (Fsp3) is 0.267. The lowest BCUT2D eigenvalue weighted by atomic mass is 10.2. The van der Waals surface area contributed by atoms with E-state index in [4.69, 9.17) is 5.26 Å². The van der Waals surface area contributed by atoms with Crippen molar-refractivity contribution in [1.82, 2.24) is 9.97 Å². The van der Waals surface area contributed by atoms with Crippen LogP contribution in [-0.2, 0) is 0 Å². The summed E-state index contributed by atoms with van der Waals surface area (Å²) in [5.41, 5.74) is 0.626. The highest BCUT2D eigenvalue weighted by Gasteiger charge is 2.27. The zero-order valence-corrected chi connectivity index (χ0v) is 11.5. The van der Waals surface area contributed by atoms with E-state index in [0.29, 0.717) is 17.4 Å². The van der Waals surface area contributed by atoms with Crippen molar-refractivity contribution in [2.45, 2.75) is 18.8 Å². The van der Waals surface area contributed by atoms with Crippen LogP contribution in [-0.4, -0.2) is 17.0 Å². The first-order chi connectivity index (χ1) is 10.2. The van der Waals surface area contributed by atoms with Gasteiger partial charge < -0.3 is 10.6 Å². The number of benzene rings is 1. The van der Waals surface area contributed by atoms with E-state index in [1.54, 1.807) is 19.2 Å². The summed E-state index contributed by atoms with van der Waals surface area (Å²) < 4.78 is 13.3. The maximum atomic E-state index is 13.3. The zero-order chi connectivity index (χ0) is 14.8. The summed E-state index contributed by atoms with van der Waals surface area (Å²) in [7, 11) is 1.80. The number of hydrogen-bond donors (Lipinski definition) is 2. The third-order valence-electron chi connectivity index (χ3n) is 3.30. The molecule has 1 saturated carbocycles. The van der Waals surface area contributed by atoms with Crippen molar-refractivity contribution in [3.63, 3.8) is 0 Å². The third kappa shape index (κ3) is 2.92. The van der Waals surface area contributed by atoms with Crippen molar-refractivity contribution in [3.05, 3.63) is 41.5 Å². The summed E-state index contributed by atoms with van der Waals surface area (Å²) in [6.45, 7) is 0. The van der Waals surface area contributed by atoms with Crippen LogP contribution in [0, 0.1) is 17.1 Å². The number of aromatic nitrogens is 2. The van der Waals surface area contributed by atoms with Gasteiger partial charge in [-0.1, -0.05) is 0 Å². The van der Waals surface area contributed by atoms with E-state index in [9.17, 15) is 4.39 Å². The molecule has 1 heterocycles. The molecule has 5 nitrogen and oxygen atoms in total. The highest BCUT2D eigenvalue weighted by Crippen LogP contribution is 2.39. The standard InChI is InChI=1S/C15H14FN5/c1-18-13-7-14(21-15(20-13)9-2-3-9)19-11-4-5-12(16)10(6-11)8-17/h4-7,9H,2-3H2,1H3,(H2,18,19,20,21). The summed E-state index contributed by atoms with van der Waals surface area (Å²) in [5, 5.41) is 15.0. The zero-order valence-electron chi connectivity index (χ0n) is 11.5. The molecule has 6 heteroatoms. The Morgan fingerprint density at radius 3 is 2.67 bits per heavy atom. The highest BCUT2D eigenvalue weighted by atomic mass is 19.1. The quantitative estimate of drug-likeness (QED) is 0.901. The van der Waals surface area contributed by atoms with Gasteiger partial charge in [-0.05, 0) is 31.0 Å². The summed E-state index contributed by atoms with van der Waals surface area (Å²) in [6, 6.07) is 7.91. The van der Waals surface area contributed by atoms with Gasteiger partial charge in [0, 0.05) is 24.7 Å². The number of nitriles is 1. The fourth-order valence-corrected chi connectivity index (χ4v) is 2.02. The Bertz CT molecular complexity index is 718. The lowest BCUT2D eigenvalue weighted by molar-refractivity contribution is 0.624. The number of nitrogens with zero attached hydrogens (tertiary/aromatic N) is 3. The van der Waals surface area contributed by atoms with E-state index >= 15 is 0 Å². The van der Waals surface area contributed by atoms with E-state index in [2.05, 4.69) is 20.6 Å². The van der Waals surface area contributed by atoms with Crippen molar-refractivity contribution in [2.75, 3.05) is 17.7 Å². The maximum Gasteiger partial charge on any atom is 0.141 e. The van der Waals surface area contributed by atoms with Crippen molar-refractivity contribution < 1.29 is 4.39 Å². The number of hydrogen-bond acceptors (Lipinski definition) is 5. The van der Waals surface area contributed by atoms with Crippen LogP contribution in [0.5, 0.6) is 0 Å². The topological polar surface area (TPSA) is 73.6 Å². The summed E-state index contributed by atoms with van der Waals surface area (Å²) >= 11 is 0. The molecule has 2 N–H and O–H groups in total. The Morgan fingerprint density at radius 1 is 1.24 bits per heavy atom. The van der Waals surface area contributed by atoms with Gasteiger partial charge in [0.25, 0.3) is 0 Å². The van der Waals surface area contributed by atoms with Crippen LogP contribution in [0.25, 0.3) is 0 Å². The number of nitrogens with one attached hydrogen (secondary N) is 2. The first-order valence-electron chi connectivity index (χ1n) is 6.73. The largest absolute Gasteiger partial charge is 0.373 e. The van der Waals surface area contributed by atoms with E-state index in [-0.39, 0.29) is 5.56 Å². The number of rotatable bonds is 4. The molecular weight excluding hydrogens is 269 g/mol. The van der Waals surface area contributed by atoms with Crippen molar-refractivity contribution in [1.29, 1.82) is 5.26 Å². The van der Waals surface area contributed by atoms with E-state index in [0.717, 1.165) is 24.5 Å². The SMILES string of the molecule is CNc1cc(Nc2ccc(F)c(C#N)c2)nc(C2CC2)n1. The van der Waals surface area contributed by atoms with Gasteiger partial charge in [-0.3, -0.25) is 0 Å². The van der Waals surface area contributed by atoms with Crippen LogP contribution in [0.4, 0.5) is 21.7 Å². The monoisotopic (exact) mass is 283 g/mol. The molecule has 106 valence electrons. The lowest BCUT2D eigenvalue weighted by Crippen LogP contribution is -2.03. The molecule has 0 bridgehead atoms. The second-order valence-electron chi connectivity index (χ2n) is 4.95. The molecule has 0 spiro atoms. The van der Waals surface area contributed by atoms with E-state index in [1.165, 1.54) is 12.1 Å². The normalized spacial score (nSPS) is 13.6. The first kappa shape index (κ1) is 13.3. The molecule has 21 heavy (non-hydrogen) atoms. The molecule has 0 saturated heterocycles. The van der Waals surface area contributed by atoms with Crippen molar-refractivity contribution >= 4 is 17.3 Å². The maximum absolute atomic E-state index is 13.3. The summed E-state index contributed by atoms with van der Waals surface area (Å²) in [6.07, 6.45) is 2.23. The van der Waals surface area contributed by atoms with Crippen molar-refractivity contribution in [3.8, 4) is 6.07 Å². The highest BCUT2D eigenvalue weighted by molar-refractivity contribution is 5.61. The van der Waals surface area contributed by atoms with Gasteiger partial charge in [0.1, 0.15) is 29.3 Å². The van der Waals surface area contributed by atoms with E-state index in [1.807, 2.05) is 6.07 Å². The van der Waals surface area contributed by atoms with Crippen LogP contribution < -0.4 is 10.6 Å². The van der Waals surface area contributed by atoms with Gasteiger partial charge in [-0.25, -0.2) is 14.4 Å². The smallest absolute Gasteiger partial charge is 0.141 e. The van der Waals surface area contributed by atoms with Gasteiger partial charge in [0.15, 0.2) is 0 Å². The Kier molecular flexibility index (Phi) is 3.40. The van der Waals surface area contributed by atoms with Crippen LogP contribution >= 0.6 is 0 Å². The molecule has 1 aromatic carbocycles. The molecule has 3 rings (SSSR count). The molecule has 1 aliphatic rings. The molecule has 0 atom stereocenters. The van der Waals surface area contributed by atoms with Crippen LogP contribution in [0.2, 0.25) is 0 Å². The minimum absolute atomic E-state index is 0.00492. The van der Waals surface area contributed by atoms with Gasteiger partial charge in [0.05, 0.1) is 5.56 Å². The molecule has 2 aromatic rings. The molecule has 0 unspecified atom stereocenters. The molecular formula is C15H14FN5. The van der Waals surface area contributed by atoms with Crippen LogP contribution in [0.3, 0.4) is 0 Å². The molecule has 1 fully saturated rings. The second-order valence-corrected chi connectivity index (χ2v) is 4.95. The fourth-order valence-electron chi connectivity index (χ4n) is 2.02. The average molecular weight is 283 g/mol. The van der Waals surface area contributed by atoms with Gasteiger partial charge in [-0.15, -0.1) is 0 Å². The van der Waals surface area contributed by atoms with E-state index < -0.39 is 5.82 Å². The Hall–Kier alpha value is -2.68. The molecule has 0 aliphatic heterocycles. The minimum atomic E-state index is -0.527. The summed E-state index contributed by atoms with van der Waals surface area (Å²) in [5.74, 6) is 2.08. The Labute approximate surface area is 121 Å². The van der Waals surface area contributed by atoms with Gasteiger partial charge in [0.2, 0.25) is 0 Å². The number of anilines is 3. The van der Waals surface area contributed by atoms with Gasteiger partial charge in [-0.2, -0.15) is 5.26 Å². The van der Waals surface area contributed by atoms with Crippen molar-refractivity contribution in [2.24, 2.45) is 0 Å². The lowest BCUT2D eigenvalue weighted by Gasteiger charge is -2.10. The molecule has 0 amide bonds. The third-order valence-corrected chi connectivity index (χ3v) is 3.30. The molecule has 1 aromatic heterocycles. The molecule has 1 aliphatic carbocycles. The Balaban J connectivity index is 1.90.